The van der Waals surface area contributed by atoms with E-state index >= 15 is 0 Å². The fraction of sp³-hybridized carbons (Fsp3) is 0.0667. The van der Waals surface area contributed by atoms with E-state index in [0.29, 0.717) is 0 Å². The molecule has 0 saturated heterocycles. The third kappa shape index (κ3) is 1.42. The molecule has 78 valence electrons. The molecule has 1 heteroatoms. The molecule has 3 aromatic rings. The number of rotatable bonds is 1. The summed E-state index contributed by atoms with van der Waals surface area (Å²) in [6.45, 7) is 2.26. The SMILES string of the molecule is CPc1c2ccccc2cc2ccccc12. The monoisotopic (exact) mass is 224 g/mol. The number of hydrogen-bond donors (Lipinski definition) is 0. The summed E-state index contributed by atoms with van der Waals surface area (Å²) in [5.74, 6) is 0. The van der Waals surface area contributed by atoms with Gasteiger partial charge in [-0.1, -0.05) is 57.1 Å². The van der Waals surface area contributed by atoms with Crippen molar-refractivity contribution >= 4 is 35.4 Å². The second kappa shape index (κ2) is 3.88. The van der Waals surface area contributed by atoms with Gasteiger partial charge >= 0.3 is 0 Å². The Bertz CT molecular complexity index is 602. The van der Waals surface area contributed by atoms with Crippen LogP contribution in [0.2, 0.25) is 0 Å². The van der Waals surface area contributed by atoms with Gasteiger partial charge in [-0.25, -0.2) is 0 Å². The van der Waals surface area contributed by atoms with E-state index < -0.39 is 0 Å². The van der Waals surface area contributed by atoms with Gasteiger partial charge in [-0.3, -0.25) is 0 Å². The minimum Gasteiger partial charge on any atom is -0.0922 e. The molecule has 0 saturated carbocycles. The Morgan fingerprint density at radius 2 is 1.25 bits per heavy atom. The molecule has 0 heterocycles. The Labute approximate surface area is 97.1 Å². The molecule has 0 aliphatic carbocycles. The minimum absolute atomic E-state index is 0.838. The van der Waals surface area contributed by atoms with E-state index in [0.717, 1.165) is 8.58 Å². The molecule has 0 aromatic heterocycles. The average Bonchev–Trinajstić information content (AvgIpc) is 2.36. The highest BCUT2D eigenvalue weighted by atomic mass is 31.1. The van der Waals surface area contributed by atoms with Crippen molar-refractivity contribution in [2.45, 2.75) is 0 Å². The predicted octanol–water partition coefficient (Wildman–Crippen LogP) is 3.93. The maximum absolute atomic E-state index is 2.29. The summed E-state index contributed by atoms with van der Waals surface area (Å²) < 4.78 is 0. The predicted molar refractivity (Wildman–Crippen MR) is 75.3 cm³/mol. The molecule has 0 bridgehead atoms. The summed E-state index contributed by atoms with van der Waals surface area (Å²) in [6.07, 6.45) is 0. The van der Waals surface area contributed by atoms with Crippen molar-refractivity contribution < 1.29 is 0 Å². The van der Waals surface area contributed by atoms with Gasteiger partial charge < -0.3 is 0 Å². The molecular formula is C15H13P. The second-order valence-electron chi connectivity index (χ2n) is 3.94. The van der Waals surface area contributed by atoms with Gasteiger partial charge in [-0.15, -0.1) is 0 Å². The topological polar surface area (TPSA) is 0 Å². The maximum Gasteiger partial charge on any atom is -0.0103 e. The standard InChI is InChI=1S/C15H13P/c1-16-15-13-8-4-2-6-11(13)10-12-7-3-5-9-14(12)15/h2-10,16H,1H3. The van der Waals surface area contributed by atoms with E-state index in [4.69, 9.17) is 0 Å². The van der Waals surface area contributed by atoms with Crippen LogP contribution in [0.4, 0.5) is 0 Å². The highest BCUT2D eigenvalue weighted by molar-refractivity contribution is 7.47. The van der Waals surface area contributed by atoms with Gasteiger partial charge in [0.25, 0.3) is 0 Å². The molecule has 0 aliphatic rings. The Morgan fingerprint density at radius 3 is 1.75 bits per heavy atom. The summed E-state index contributed by atoms with van der Waals surface area (Å²) in [7, 11) is 0.838. The normalized spacial score (nSPS) is 11.8. The van der Waals surface area contributed by atoms with E-state index in [9.17, 15) is 0 Å². The number of hydrogen-bond acceptors (Lipinski definition) is 0. The van der Waals surface area contributed by atoms with Crippen molar-refractivity contribution in [3.8, 4) is 0 Å². The Hall–Kier alpha value is -1.39. The van der Waals surface area contributed by atoms with Gasteiger partial charge in [0.2, 0.25) is 0 Å². The second-order valence-corrected chi connectivity index (χ2v) is 4.94. The van der Waals surface area contributed by atoms with E-state index in [-0.39, 0.29) is 0 Å². The van der Waals surface area contributed by atoms with Crippen molar-refractivity contribution in [3.05, 3.63) is 54.6 Å². The van der Waals surface area contributed by atoms with Crippen molar-refractivity contribution in [2.75, 3.05) is 6.66 Å². The average molecular weight is 224 g/mol. The van der Waals surface area contributed by atoms with Crippen LogP contribution in [-0.2, 0) is 0 Å². The van der Waals surface area contributed by atoms with Gasteiger partial charge in [0.15, 0.2) is 0 Å². The van der Waals surface area contributed by atoms with Crippen molar-refractivity contribution in [1.82, 2.24) is 0 Å². The number of fused-ring (bicyclic) bond motifs is 2. The van der Waals surface area contributed by atoms with Gasteiger partial charge in [0.1, 0.15) is 0 Å². The third-order valence-corrected chi connectivity index (χ3v) is 4.06. The molecule has 0 fully saturated rings. The van der Waals surface area contributed by atoms with Crippen LogP contribution in [0.1, 0.15) is 0 Å². The molecule has 1 unspecified atom stereocenters. The molecule has 0 spiro atoms. The van der Waals surface area contributed by atoms with Crippen LogP contribution in [0.25, 0.3) is 21.5 Å². The Balaban J connectivity index is 2.56. The fourth-order valence-electron chi connectivity index (χ4n) is 2.28. The van der Waals surface area contributed by atoms with Gasteiger partial charge in [0.05, 0.1) is 0 Å². The first-order valence-electron chi connectivity index (χ1n) is 5.48. The van der Waals surface area contributed by atoms with E-state index in [1.807, 2.05) is 0 Å². The van der Waals surface area contributed by atoms with E-state index in [2.05, 4.69) is 61.3 Å². The molecule has 0 aliphatic heterocycles. The highest BCUT2D eigenvalue weighted by Crippen LogP contribution is 2.25. The Morgan fingerprint density at radius 1 is 0.750 bits per heavy atom. The molecule has 3 aromatic carbocycles. The lowest BCUT2D eigenvalue weighted by atomic mass is 10.0. The summed E-state index contributed by atoms with van der Waals surface area (Å²) in [5, 5.41) is 7.01. The first-order chi connectivity index (χ1) is 7.90. The lowest BCUT2D eigenvalue weighted by Crippen LogP contribution is -1.98. The zero-order valence-electron chi connectivity index (χ0n) is 9.20. The zero-order valence-corrected chi connectivity index (χ0v) is 10.2. The van der Waals surface area contributed by atoms with Gasteiger partial charge in [-0.05, 0) is 39.6 Å². The highest BCUT2D eigenvalue weighted by Gasteiger charge is 2.04. The van der Waals surface area contributed by atoms with Gasteiger partial charge in [-0.2, -0.15) is 0 Å². The first kappa shape index (κ1) is 9.81. The summed E-state index contributed by atoms with van der Waals surface area (Å²) >= 11 is 0. The Kier molecular flexibility index (Phi) is 2.38. The van der Waals surface area contributed by atoms with E-state index in [1.54, 1.807) is 0 Å². The molecule has 1 atom stereocenters. The lowest BCUT2D eigenvalue weighted by Gasteiger charge is -2.09. The van der Waals surface area contributed by atoms with Gasteiger partial charge in [0, 0.05) is 0 Å². The molecule has 0 radical (unpaired) electrons. The molecule has 16 heavy (non-hydrogen) atoms. The van der Waals surface area contributed by atoms with Crippen LogP contribution in [0.3, 0.4) is 0 Å². The zero-order chi connectivity index (χ0) is 11.0. The van der Waals surface area contributed by atoms with Crippen molar-refractivity contribution in [2.24, 2.45) is 0 Å². The maximum atomic E-state index is 2.29. The first-order valence-corrected chi connectivity index (χ1v) is 6.98. The van der Waals surface area contributed by atoms with Crippen LogP contribution in [0, 0.1) is 0 Å². The summed E-state index contributed by atoms with van der Waals surface area (Å²) in [4.78, 5) is 0. The largest absolute Gasteiger partial charge is 0.0922 e. The van der Waals surface area contributed by atoms with Crippen molar-refractivity contribution in [1.29, 1.82) is 0 Å². The lowest BCUT2D eigenvalue weighted by molar-refractivity contribution is 1.78. The molecule has 0 nitrogen and oxygen atoms in total. The van der Waals surface area contributed by atoms with Crippen LogP contribution in [0.5, 0.6) is 0 Å². The molecular weight excluding hydrogens is 211 g/mol. The van der Waals surface area contributed by atoms with Crippen LogP contribution in [0.15, 0.2) is 54.6 Å². The molecule has 3 rings (SSSR count). The van der Waals surface area contributed by atoms with E-state index in [1.165, 1.54) is 26.8 Å². The smallest absolute Gasteiger partial charge is 0.0103 e. The third-order valence-electron chi connectivity index (χ3n) is 3.02. The minimum atomic E-state index is 0.838. The fourth-order valence-corrected chi connectivity index (χ4v) is 3.28. The van der Waals surface area contributed by atoms with Crippen LogP contribution >= 0.6 is 8.58 Å². The summed E-state index contributed by atoms with van der Waals surface area (Å²) in [5.41, 5.74) is 0. The number of benzene rings is 3. The summed E-state index contributed by atoms with van der Waals surface area (Å²) in [6, 6.07) is 19.6. The molecule has 0 amide bonds. The van der Waals surface area contributed by atoms with Crippen molar-refractivity contribution in [3.63, 3.8) is 0 Å². The quantitative estimate of drug-likeness (QED) is 0.434. The van der Waals surface area contributed by atoms with Crippen LogP contribution < -0.4 is 5.30 Å². The molecule has 0 N–H and O–H groups in total. The van der Waals surface area contributed by atoms with Crippen LogP contribution in [-0.4, -0.2) is 6.66 Å².